The van der Waals surface area contributed by atoms with Crippen molar-refractivity contribution in [2.75, 3.05) is 32.7 Å². The van der Waals surface area contributed by atoms with Crippen molar-refractivity contribution in [2.45, 2.75) is 45.7 Å². The first-order chi connectivity index (χ1) is 8.58. The Kier molecular flexibility index (Phi) is 6.57. The molecule has 0 aromatic heterocycles. The lowest BCUT2D eigenvalue weighted by Gasteiger charge is -2.35. The highest BCUT2D eigenvalue weighted by molar-refractivity contribution is 5.85. The molecule has 2 aliphatic rings. The fraction of sp³-hybridized carbons (Fsp3) is 0.929. The zero-order valence-corrected chi connectivity index (χ0v) is 13.2. The molecule has 0 unspecified atom stereocenters. The lowest BCUT2D eigenvalue weighted by atomic mass is 10.2. The Morgan fingerprint density at radius 3 is 2.63 bits per heavy atom. The number of amides is 1. The average molecular weight is 290 g/mol. The van der Waals surface area contributed by atoms with Crippen LogP contribution in [0.1, 0.15) is 33.6 Å². The van der Waals surface area contributed by atoms with Crippen LogP contribution in [0.15, 0.2) is 0 Å². The van der Waals surface area contributed by atoms with Gasteiger partial charge in [0.05, 0.1) is 6.54 Å². The number of carbonyl (C=O) groups excluding carboxylic acids is 1. The van der Waals surface area contributed by atoms with Gasteiger partial charge in [-0.1, -0.05) is 13.8 Å². The fourth-order valence-electron chi connectivity index (χ4n) is 2.62. The number of hydrogen-bond donors (Lipinski definition) is 1. The summed E-state index contributed by atoms with van der Waals surface area (Å²) in [5, 5.41) is 3.37. The zero-order valence-electron chi connectivity index (χ0n) is 12.4. The predicted molar refractivity (Wildman–Crippen MR) is 80.7 cm³/mol. The average Bonchev–Trinajstić information content (AvgIpc) is 3.12. The number of halogens is 1. The summed E-state index contributed by atoms with van der Waals surface area (Å²) in [5.41, 5.74) is 0. The van der Waals surface area contributed by atoms with Crippen molar-refractivity contribution in [3.63, 3.8) is 0 Å². The molecule has 0 spiro atoms. The van der Waals surface area contributed by atoms with Gasteiger partial charge in [0.1, 0.15) is 0 Å². The summed E-state index contributed by atoms with van der Waals surface area (Å²) in [6, 6.07) is 1.01. The van der Waals surface area contributed by atoms with E-state index in [1.54, 1.807) is 0 Å². The van der Waals surface area contributed by atoms with Gasteiger partial charge in [-0.25, -0.2) is 0 Å². The minimum Gasteiger partial charge on any atom is -0.338 e. The first-order valence-electron chi connectivity index (χ1n) is 7.32. The van der Waals surface area contributed by atoms with Crippen LogP contribution in [0.2, 0.25) is 0 Å². The van der Waals surface area contributed by atoms with E-state index in [0.717, 1.165) is 26.2 Å². The third-order valence-electron chi connectivity index (χ3n) is 3.85. The van der Waals surface area contributed by atoms with Gasteiger partial charge in [0.15, 0.2) is 0 Å². The van der Waals surface area contributed by atoms with Gasteiger partial charge in [0.2, 0.25) is 5.91 Å². The Labute approximate surface area is 123 Å². The van der Waals surface area contributed by atoms with Crippen molar-refractivity contribution < 1.29 is 4.79 Å². The fourth-order valence-corrected chi connectivity index (χ4v) is 2.62. The van der Waals surface area contributed by atoms with Crippen LogP contribution in [0, 0.1) is 5.92 Å². The highest BCUT2D eigenvalue weighted by Gasteiger charge is 2.34. The second-order valence-corrected chi connectivity index (χ2v) is 6.19. The van der Waals surface area contributed by atoms with Crippen molar-refractivity contribution in [1.82, 2.24) is 15.1 Å². The van der Waals surface area contributed by atoms with E-state index in [-0.39, 0.29) is 12.4 Å². The van der Waals surface area contributed by atoms with Crippen LogP contribution in [0.3, 0.4) is 0 Å². The summed E-state index contributed by atoms with van der Waals surface area (Å²) < 4.78 is 0. The molecule has 0 aromatic carbocycles. The Morgan fingerprint density at radius 2 is 2.11 bits per heavy atom. The summed E-state index contributed by atoms with van der Waals surface area (Å²) >= 11 is 0. The van der Waals surface area contributed by atoms with Crippen molar-refractivity contribution in [3.8, 4) is 0 Å². The maximum absolute atomic E-state index is 12.4. The summed E-state index contributed by atoms with van der Waals surface area (Å²) in [4.78, 5) is 16.9. The van der Waals surface area contributed by atoms with Gasteiger partial charge in [0, 0.05) is 38.3 Å². The zero-order chi connectivity index (χ0) is 13.1. The van der Waals surface area contributed by atoms with Crippen LogP contribution in [-0.4, -0.2) is 60.5 Å². The molecular formula is C14H28ClN3O. The van der Waals surface area contributed by atoms with E-state index < -0.39 is 0 Å². The molecule has 4 nitrogen and oxygen atoms in total. The second kappa shape index (κ2) is 7.46. The maximum Gasteiger partial charge on any atom is 0.237 e. The molecule has 2 rings (SSSR count). The molecule has 5 heteroatoms. The predicted octanol–water partition coefficient (Wildman–Crippen LogP) is 1.35. The van der Waals surface area contributed by atoms with Crippen molar-refractivity contribution >= 4 is 18.3 Å². The molecule has 0 aromatic rings. The molecule has 112 valence electrons. The van der Waals surface area contributed by atoms with Crippen molar-refractivity contribution in [3.05, 3.63) is 0 Å². The number of nitrogens with one attached hydrogen (secondary N) is 1. The molecule has 19 heavy (non-hydrogen) atoms. The molecule has 2 fully saturated rings. The molecule has 1 atom stereocenters. The smallest absolute Gasteiger partial charge is 0.237 e. The summed E-state index contributed by atoms with van der Waals surface area (Å²) in [6.07, 6.45) is 2.41. The Morgan fingerprint density at radius 1 is 1.42 bits per heavy atom. The standard InChI is InChI=1S/C14H27N3O.ClH/c1-11(2)9-17(13-4-5-13)14(18)10-16-7-6-15-8-12(16)3;/h11-13,15H,4-10H2,1-3H3;1H/t12-;/m0./s1. The van der Waals surface area contributed by atoms with Gasteiger partial charge < -0.3 is 10.2 Å². The van der Waals surface area contributed by atoms with E-state index in [2.05, 4.69) is 35.9 Å². The van der Waals surface area contributed by atoms with Gasteiger partial charge >= 0.3 is 0 Å². The van der Waals surface area contributed by atoms with E-state index in [0.29, 0.717) is 30.5 Å². The normalized spacial score (nSPS) is 24.1. The molecule has 1 N–H and O–H groups in total. The van der Waals surface area contributed by atoms with E-state index in [4.69, 9.17) is 0 Å². The minimum absolute atomic E-state index is 0. The van der Waals surface area contributed by atoms with Crippen LogP contribution >= 0.6 is 12.4 Å². The van der Waals surface area contributed by atoms with E-state index in [1.807, 2.05) is 0 Å². The molecule has 1 saturated heterocycles. The third kappa shape index (κ3) is 4.93. The molecule has 1 aliphatic carbocycles. The van der Waals surface area contributed by atoms with Crippen LogP contribution in [0.5, 0.6) is 0 Å². The lowest BCUT2D eigenvalue weighted by molar-refractivity contribution is -0.134. The number of carbonyl (C=O) groups is 1. The van der Waals surface area contributed by atoms with E-state index >= 15 is 0 Å². The van der Waals surface area contributed by atoms with Crippen LogP contribution < -0.4 is 5.32 Å². The Hall–Kier alpha value is -0.320. The number of piperazine rings is 1. The first-order valence-corrected chi connectivity index (χ1v) is 7.32. The molecule has 1 saturated carbocycles. The lowest BCUT2D eigenvalue weighted by Crippen LogP contribution is -2.53. The molecule has 1 amide bonds. The maximum atomic E-state index is 12.4. The van der Waals surface area contributed by atoms with Crippen LogP contribution in [0.4, 0.5) is 0 Å². The van der Waals surface area contributed by atoms with Gasteiger partial charge in [-0.15, -0.1) is 12.4 Å². The summed E-state index contributed by atoms with van der Waals surface area (Å²) in [6.45, 7) is 11.1. The summed E-state index contributed by atoms with van der Waals surface area (Å²) in [5.74, 6) is 0.898. The van der Waals surface area contributed by atoms with E-state index in [1.165, 1.54) is 12.8 Å². The van der Waals surface area contributed by atoms with Crippen molar-refractivity contribution in [2.24, 2.45) is 5.92 Å². The SMILES string of the molecule is CC(C)CN(C(=O)CN1CCNC[C@@H]1C)C1CC1.Cl. The third-order valence-corrected chi connectivity index (χ3v) is 3.85. The molecule has 0 bridgehead atoms. The number of nitrogens with zero attached hydrogens (tertiary/aromatic N) is 2. The molecule has 1 heterocycles. The van der Waals surface area contributed by atoms with Crippen molar-refractivity contribution in [1.29, 1.82) is 0 Å². The summed E-state index contributed by atoms with van der Waals surface area (Å²) in [7, 11) is 0. The Bertz CT molecular complexity index is 294. The molecule has 1 aliphatic heterocycles. The van der Waals surface area contributed by atoms with Crippen LogP contribution in [0.25, 0.3) is 0 Å². The minimum atomic E-state index is 0. The first kappa shape index (κ1) is 16.7. The largest absolute Gasteiger partial charge is 0.338 e. The highest BCUT2D eigenvalue weighted by Crippen LogP contribution is 2.27. The van der Waals surface area contributed by atoms with Crippen LogP contribution in [-0.2, 0) is 4.79 Å². The van der Waals surface area contributed by atoms with Gasteiger partial charge in [0.25, 0.3) is 0 Å². The molecular weight excluding hydrogens is 262 g/mol. The number of hydrogen-bond acceptors (Lipinski definition) is 3. The number of rotatable bonds is 5. The van der Waals surface area contributed by atoms with Gasteiger partial charge in [-0.2, -0.15) is 0 Å². The highest BCUT2D eigenvalue weighted by atomic mass is 35.5. The molecule has 0 radical (unpaired) electrons. The van der Waals surface area contributed by atoms with Gasteiger partial charge in [-0.05, 0) is 25.7 Å². The monoisotopic (exact) mass is 289 g/mol. The quantitative estimate of drug-likeness (QED) is 0.830. The van der Waals surface area contributed by atoms with Gasteiger partial charge in [-0.3, -0.25) is 9.69 Å². The topological polar surface area (TPSA) is 35.6 Å². The van der Waals surface area contributed by atoms with E-state index in [9.17, 15) is 4.79 Å². The second-order valence-electron chi connectivity index (χ2n) is 6.19. The Balaban J connectivity index is 0.00000180.